The summed E-state index contributed by atoms with van der Waals surface area (Å²) in [6.07, 6.45) is 0.873. The summed E-state index contributed by atoms with van der Waals surface area (Å²) in [5.41, 5.74) is 9.96. The van der Waals surface area contributed by atoms with Gasteiger partial charge in [0.1, 0.15) is 0 Å². The minimum atomic E-state index is 0.0503. The van der Waals surface area contributed by atoms with Crippen molar-refractivity contribution in [1.29, 1.82) is 0 Å². The molecule has 1 atom stereocenters. The first kappa shape index (κ1) is 12.3. The van der Waals surface area contributed by atoms with Crippen molar-refractivity contribution in [3.05, 3.63) is 69.7 Å². The monoisotopic (exact) mass is 289 g/mol. The van der Waals surface area contributed by atoms with Crippen LogP contribution < -0.4 is 5.73 Å². The summed E-state index contributed by atoms with van der Waals surface area (Å²) < 4.78 is 1.08. The van der Waals surface area contributed by atoms with Crippen molar-refractivity contribution < 1.29 is 0 Å². The molecule has 2 aromatic rings. The van der Waals surface area contributed by atoms with Gasteiger partial charge in [0, 0.05) is 10.5 Å². The molecule has 0 fully saturated rings. The van der Waals surface area contributed by atoms with Gasteiger partial charge in [-0.05, 0) is 36.6 Å². The molecule has 0 aliphatic carbocycles. The highest BCUT2D eigenvalue weighted by atomic mass is 79.9. The van der Waals surface area contributed by atoms with Gasteiger partial charge in [0.25, 0.3) is 0 Å². The fourth-order valence-corrected chi connectivity index (χ4v) is 2.37. The van der Waals surface area contributed by atoms with Crippen molar-refractivity contribution in [2.45, 2.75) is 19.4 Å². The fourth-order valence-electron chi connectivity index (χ4n) is 1.95. The molecule has 0 heterocycles. The van der Waals surface area contributed by atoms with Gasteiger partial charge < -0.3 is 5.73 Å². The van der Waals surface area contributed by atoms with Crippen LogP contribution in [0, 0.1) is 6.92 Å². The van der Waals surface area contributed by atoms with E-state index in [1.807, 2.05) is 12.1 Å². The third-order valence-electron chi connectivity index (χ3n) is 2.81. The van der Waals surface area contributed by atoms with Crippen LogP contribution in [0.1, 0.15) is 22.7 Å². The van der Waals surface area contributed by atoms with Gasteiger partial charge in [-0.1, -0.05) is 57.9 Å². The topological polar surface area (TPSA) is 26.0 Å². The minimum absolute atomic E-state index is 0.0503. The zero-order chi connectivity index (χ0) is 12.3. The molecule has 2 heteroatoms. The number of benzene rings is 2. The first-order valence-electron chi connectivity index (χ1n) is 5.72. The van der Waals surface area contributed by atoms with Gasteiger partial charge in [0.15, 0.2) is 0 Å². The van der Waals surface area contributed by atoms with Crippen molar-refractivity contribution in [3.63, 3.8) is 0 Å². The SMILES string of the molecule is Cc1cccc(CC(N)c2cccc(Br)c2)c1. The maximum Gasteiger partial charge on any atom is 0.0336 e. The van der Waals surface area contributed by atoms with Crippen LogP contribution in [-0.4, -0.2) is 0 Å². The first-order valence-corrected chi connectivity index (χ1v) is 6.51. The zero-order valence-corrected chi connectivity index (χ0v) is 11.4. The normalized spacial score (nSPS) is 12.4. The molecule has 0 aliphatic heterocycles. The van der Waals surface area contributed by atoms with E-state index in [0.717, 1.165) is 10.9 Å². The molecule has 0 aliphatic rings. The van der Waals surface area contributed by atoms with Crippen molar-refractivity contribution in [2.75, 3.05) is 0 Å². The molecule has 17 heavy (non-hydrogen) atoms. The number of nitrogens with two attached hydrogens (primary N) is 1. The molecular formula is C15H16BrN. The van der Waals surface area contributed by atoms with E-state index in [1.165, 1.54) is 16.7 Å². The van der Waals surface area contributed by atoms with E-state index < -0.39 is 0 Å². The predicted molar refractivity (Wildman–Crippen MR) is 76.0 cm³/mol. The number of rotatable bonds is 3. The Morgan fingerprint density at radius 1 is 1.12 bits per heavy atom. The van der Waals surface area contributed by atoms with Gasteiger partial charge in [-0.25, -0.2) is 0 Å². The Kier molecular flexibility index (Phi) is 3.97. The summed E-state index contributed by atoms with van der Waals surface area (Å²) in [6, 6.07) is 16.8. The van der Waals surface area contributed by atoms with E-state index in [0.29, 0.717) is 0 Å². The van der Waals surface area contributed by atoms with Gasteiger partial charge >= 0.3 is 0 Å². The highest BCUT2D eigenvalue weighted by Crippen LogP contribution is 2.20. The van der Waals surface area contributed by atoms with Crippen LogP contribution in [0.15, 0.2) is 53.0 Å². The maximum absolute atomic E-state index is 6.23. The van der Waals surface area contributed by atoms with E-state index in [2.05, 4.69) is 59.3 Å². The summed E-state index contributed by atoms with van der Waals surface area (Å²) in [5.74, 6) is 0. The number of halogens is 1. The maximum atomic E-state index is 6.23. The molecule has 0 saturated carbocycles. The smallest absolute Gasteiger partial charge is 0.0336 e. The number of hydrogen-bond acceptors (Lipinski definition) is 1. The lowest BCUT2D eigenvalue weighted by Crippen LogP contribution is -2.13. The Hall–Kier alpha value is -1.12. The summed E-state index contributed by atoms with van der Waals surface area (Å²) in [6.45, 7) is 2.11. The first-order chi connectivity index (χ1) is 8.15. The molecule has 2 rings (SSSR count). The van der Waals surface area contributed by atoms with Crippen LogP contribution in [0.2, 0.25) is 0 Å². The van der Waals surface area contributed by atoms with E-state index in [-0.39, 0.29) is 6.04 Å². The lowest BCUT2D eigenvalue weighted by molar-refractivity contribution is 0.721. The van der Waals surface area contributed by atoms with Gasteiger partial charge in [-0.15, -0.1) is 0 Å². The van der Waals surface area contributed by atoms with Crippen LogP contribution in [0.5, 0.6) is 0 Å². The lowest BCUT2D eigenvalue weighted by atomic mass is 9.99. The van der Waals surface area contributed by atoms with Crippen molar-refractivity contribution >= 4 is 15.9 Å². The molecule has 1 unspecified atom stereocenters. The van der Waals surface area contributed by atoms with E-state index in [1.54, 1.807) is 0 Å². The van der Waals surface area contributed by atoms with Crippen LogP contribution in [0.4, 0.5) is 0 Å². The van der Waals surface area contributed by atoms with E-state index in [9.17, 15) is 0 Å². The van der Waals surface area contributed by atoms with Gasteiger partial charge in [0.2, 0.25) is 0 Å². The second kappa shape index (κ2) is 5.48. The van der Waals surface area contributed by atoms with E-state index in [4.69, 9.17) is 5.73 Å². The Bertz CT molecular complexity index is 508. The van der Waals surface area contributed by atoms with Crippen LogP contribution in [0.25, 0.3) is 0 Å². The average molecular weight is 290 g/mol. The van der Waals surface area contributed by atoms with Gasteiger partial charge in [0.05, 0.1) is 0 Å². The molecule has 88 valence electrons. The highest BCUT2D eigenvalue weighted by Gasteiger charge is 2.07. The standard InChI is InChI=1S/C15H16BrN/c1-11-4-2-5-12(8-11)9-15(17)13-6-3-7-14(16)10-13/h2-8,10,15H,9,17H2,1H3. The summed E-state index contributed by atoms with van der Waals surface area (Å²) in [5, 5.41) is 0. The van der Waals surface area contributed by atoms with Crippen LogP contribution >= 0.6 is 15.9 Å². The Balaban J connectivity index is 2.14. The van der Waals surface area contributed by atoms with Crippen LogP contribution in [-0.2, 0) is 6.42 Å². The van der Waals surface area contributed by atoms with Gasteiger partial charge in [-0.2, -0.15) is 0 Å². The van der Waals surface area contributed by atoms with Crippen molar-refractivity contribution in [3.8, 4) is 0 Å². The summed E-state index contributed by atoms with van der Waals surface area (Å²) >= 11 is 3.47. The second-order valence-electron chi connectivity index (χ2n) is 4.35. The van der Waals surface area contributed by atoms with E-state index >= 15 is 0 Å². The molecule has 0 aromatic heterocycles. The molecule has 1 nitrogen and oxygen atoms in total. The average Bonchev–Trinajstić information content (AvgIpc) is 2.29. The minimum Gasteiger partial charge on any atom is -0.324 e. The molecule has 0 bridgehead atoms. The third kappa shape index (κ3) is 3.42. The Morgan fingerprint density at radius 2 is 1.88 bits per heavy atom. The summed E-state index contributed by atoms with van der Waals surface area (Å²) in [4.78, 5) is 0. The largest absolute Gasteiger partial charge is 0.324 e. The van der Waals surface area contributed by atoms with Crippen LogP contribution in [0.3, 0.4) is 0 Å². The van der Waals surface area contributed by atoms with Crippen molar-refractivity contribution in [1.82, 2.24) is 0 Å². The fraction of sp³-hybridized carbons (Fsp3) is 0.200. The number of aryl methyl sites for hydroxylation is 1. The Labute approximate surface area is 111 Å². The highest BCUT2D eigenvalue weighted by molar-refractivity contribution is 9.10. The number of hydrogen-bond donors (Lipinski definition) is 1. The quantitative estimate of drug-likeness (QED) is 0.908. The Morgan fingerprint density at radius 3 is 2.59 bits per heavy atom. The molecule has 2 N–H and O–H groups in total. The molecule has 0 radical (unpaired) electrons. The zero-order valence-electron chi connectivity index (χ0n) is 9.86. The molecule has 0 saturated heterocycles. The van der Waals surface area contributed by atoms with Crippen molar-refractivity contribution in [2.24, 2.45) is 5.73 Å². The predicted octanol–water partition coefficient (Wildman–Crippen LogP) is 4.00. The summed E-state index contributed by atoms with van der Waals surface area (Å²) in [7, 11) is 0. The molecule has 2 aromatic carbocycles. The van der Waals surface area contributed by atoms with Gasteiger partial charge in [-0.3, -0.25) is 0 Å². The molecule has 0 spiro atoms. The third-order valence-corrected chi connectivity index (χ3v) is 3.31. The molecule has 0 amide bonds. The molecular weight excluding hydrogens is 274 g/mol. The lowest BCUT2D eigenvalue weighted by Gasteiger charge is -2.13. The second-order valence-corrected chi connectivity index (χ2v) is 5.27.